The van der Waals surface area contributed by atoms with Crippen LogP contribution in [0, 0.1) is 5.92 Å². The van der Waals surface area contributed by atoms with E-state index in [-0.39, 0.29) is 24.7 Å². The first kappa shape index (κ1) is 21.8. The van der Waals surface area contributed by atoms with Crippen LogP contribution in [0.4, 0.5) is 0 Å². The monoisotopic (exact) mass is 462 g/mol. The molecule has 0 aromatic heterocycles. The van der Waals surface area contributed by atoms with Crippen molar-refractivity contribution in [3.05, 3.63) is 94.5 Å². The Morgan fingerprint density at radius 3 is 2.64 bits per heavy atom. The molecule has 0 unspecified atom stereocenters. The molecule has 0 spiro atoms. The molecule has 2 atom stereocenters. The topological polar surface area (TPSA) is 50.8 Å². The zero-order valence-corrected chi connectivity index (χ0v) is 19.1. The van der Waals surface area contributed by atoms with Crippen molar-refractivity contribution in [2.45, 2.75) is 32.0 Å². The number of likely N-dealkylation sites (tertiary alicyclic amines) is 1. The van der Waals surface area contributed by atoms with E-state index in [9.17, 15) is 4.79 Å². The van der Waals surface area contributed by atoms with Crippen LogP contribution in [0.5, 0.6) is 11.5 Å². The summed E-state index contributed by atoms with van der Waals surface area (Å²) in [5.41, 5.74) is 3.45. The molecule has 1 amide bonds. The van der Waals surface area contributed by atoms with E-state index in [4.69, 9.17) is 21.1 Å². The highest BCUT2D eigenvalue weighted by molar-refractivity contribution is 6.30. The molecule has 2 heterocycles. The van der Waals surface area contributed by atoms with Crippen molar-refractivity contribution >= 4 is 17.5 Å². The van der Waals surface area contributed by atoms with Gasteiger partial charge in [-0.1, -0.05) is 60.1 Å². The molecule has 3 aromatic rings. The van der Waals surface area contributed by atoms with Crippen molar-refractivity contribution in [2.24, 2.45) is 5.92 Å². The number of ether oxygens (including phenoxy) is 2. The number of benzene rings is 3. The SMILES string of the molecule is O=C(NCc1ccc2c(c1)OCO2)[C@@H]1CC[C@@H](c2ccccc2)N(Cc2cccc(Cl)c2)C1. The van der Waals surface area contributed by atoms with Crippen LogP contribution in [-0.2, 0) is 17.9 Å². The summed E-state index contributed by atoms with van der Waals surface area (Å²) in [6.07, 6.45) is 1.80. The second-order valence-electron chi connectivity index (χ2n) is 8.67. The average molecular weight is 463 g/mol. The summed E-state index contributed by atoms with van der Waals surface area (Å²) in [5, 5.41) is 3.86. The van der Waals surface area contributed by atoms with Gasteiger partial charge in [-0.05, 0) is 53.8 Å². The molecule has 0 radical (unpaired) electrons. The normalized spacial score (nSPS) is 19.9. The number of hydrogen-bond donors (Lipinski definition) is 1. The van der Waals surface area contributed by atoms with Gasteiger partial charge in [0.25, 0.3) is 0 Å². The van der Waals surface area contributed by atoms with Gasteiger partial charge in [-0.2, -0.15) is 0 Å². The van der Waals surface area contributed by atoms with Crippen LogP contribution in [0.2, 0.25) is 5.02 Å². The van der Waals surface area contributed by atoms with E-state index in [1.165, 1.54) is 5.56 Å². The molecular weight excluding hydrogens is 436 g/mol. The fourth-order valence-corrected chi connectivity index (χ4v) is 4.95. The number of carbonyl (C=O) groups excluding carboxylic acids is 1. The number of nitrogens with one attached hydrogen (secondary N) is 1. The molecule has 33 heavy (non-hydrogen) atoms. The molecule has 170 valence electrons. The third-order valence-corrected chi connectivity index (χ3v) is 6.65. The predicted molar refractivity (Wildman–Crippen MR) is 128 cm³/mol. The van der Waals surface area contributed by atoms with Gasteiger partial charge in [0, 0.05) is 30.7 Å². The third kappa shape index (κ3) is 5.15. The highest BCUT2D eigenvalue weighted by atomic mass is 35.5. The van der Waals surface area contributed by atoms with Gasteiger partial charge in [0.1, 0.15) is 0 Å². The highest BCUT2D eigenvalue weighted by Gasteiger charge is 2.32. The zero-order chi connectivity index (χ0) is 22.6. The predicted octanol–water partition coefficient (Wildman–Crippen LogP) is 5.34. The molecule has 5 rings (SSSR count). The molecule has 0 saturated carbocycles. The molecular formula is C27H27ClN2O3. The lowest BCUT2D eigenvalue weighted by Crippen LogP contribution is -2.44. The van der Waals surface area contributed by atoms with Crippen LogP contribution in [0.1, 0.15) is 35.6 Å². The van der Waals surface area contributed by atoms with E-state index in [0.29, 0.717) is 13.1 Å². The summed E-state index contributed by atoms with van der Waals surface area (Å²) >= 11 is 6.23. The molecule has 2 aliphatic heterocycles. The Balaban J connectivity index is 1.27. The number of nitrogens with zero attached hydrogens (tertiary/aromatic N) is 1. The van der Waals surface area contributed by atoms with Gasteiger partial charge in [0.2, 0.25) is 12.7 Å². The molecule has 1 saturated heterocycles. The first-order chi connectivity index (χ1) is 16.2. The van der Waals surface area contributed by atoms with Gasteiger partial charge in [0.15, 0.2) is 11.5 Å². The van der Waals surface area contributed by atoms with Gasteiger partial charge in [-0.25, -0.2) is 0 Å². The molecule has 6 heteroatoms. The highest BCUT2D eigenvalue weighted by Crippen LogP contribution is 2.35. The third-order valence-electron chi connectivity index (χ3n) is 6.42. The van der Waals surface area contributed by atoms with Gasteiger partial charge < -0.3 is 14.8 Å². The molecule has 1 fully saturated rings. The molecule has 0 aliphatic carbocycles. The maximum Gasteiger partial charge on any atom is 0.231 e. The Hall–Kier alpha value is -3.02. The Bertz CT molecular complexity index is 1120. The van der Waals surface area contributed by atoms with E-state index in [2.05, 4.69) is 40.5 Å². The molecule has 3 aromatic carbocycles. The van der Waals surface area contributed by atoms with E-state index in [1.807, 2.05) is 42.5 Å². The van der Waals surface area contributed by atoms with Crippen LogP contribution in [0.15, 0.2) is 72.8 Å². The minimum atomic E-state index is -0.0573. The number of rotatable bonds is 6. The fourth-order valence-electron chi connectivity index (χ4n) is 4.74. The first-order valence-corrected chi connectivity index (χ1v) is 11.7. The maximum absolute atomic E-state index is 13.1. The van der Waals surface area contributed by atoms with Crippen molar-refractivity contribution in [3.8, 4) is 11.5 Å². The minimum Gasteiger partial charge on any atom is -0.454 e. The molecule has 2 aliphatic rings. The first-order valence-electron chi connectivity index (χ1n) is 11.4. The lowest BCUT2D eigenvalue weighted by atomic mass is 9.88. The smallest absolute Gasteiger partial charge is 0.231 e. The van der Waals surface area contributed by atoms with E-state index in [1.54, 1.807) is 0 Å². The summed E-state index contributed by atoms with van der Waals surface area (Å²) in [6, 6.07) is 24.6. The van der Waals surface area contributed by atoms with Crippen molar-refractivity contribution in [2.75, 3.05) is 13.3 Å². The van der Waals surface area contributed by atoms with Gasteiger partial charge in [-0.3, -0.25) is 9.69 Å². The van der Waals surface area contributed by atoms with Crippen molar-refractivity contribution in [3.63, 3.8) is 0 Å². The quantitative estimate of drug-likeness (QED) is 0.537. The summed E-state index contributed by atoms with van der Waals surface area (Å²) < 4.78 is 10.8. The second kappa shape index (κ2) is 9.86. The lowest BCUT2D eigenvalue weighted by molar-refractivity contribution is -0.127. The Kier molecular flexibility index (Phi) is 6.51. The Morgan fingerprint density at radius 2 is 1.79 bits per heavy atom. The van der Waals surface area contributed by atoms with Crippen LogP contribution >= 0.6 is 11.6 Å². The standard InChI is InChI=1S/C27H27ClN2O3/c28-23-8-4-5-20(13-23)16-30-17-22(10-11-24(30)21-6-2-1-3-7-21)27(31)29-15-19-9-12-25-26(14-19)33-18-32-25/h1-9,12-14,22,24H,10-11,15-18H2,(H,29,31)/t22-,24+/m1/s1. The van der Waals surface area contributed by atoms with E-state index in [0.717, 1.165) is 47.0 Å². The van der Waals surface area contributed by atoms with Gasteiger partial charge in [-0.15, -0.1) is 0 Å². The maximum atomic E-state index is 13.1. The van der Waals surface area contributed by atoms with Crippen LogP contribution in [0.25, 0.3) is 0 Å². The number of carbonyl (C=O) groups is 1. The number of amides is 1. The van der Waals surface area contributed by atoms with Crippen molar-refractivity contribution in [1.82, 2.24) is 10.2 Å². The Morgan fingerprint density at radius 1 is 0.939 bits per heavy atom. The molecule has 0 bridgehead atoms. The van der Waals surface area contributed by atoms with Crippen molar-refractivity contribution in [1.29, 1.82) is 0 Å². The number of halogens is 1. The number of piperidine rings is 1. The van der Waals surface area contributed by atoms with E-state index < -0.39 is 0 Å². The fraction of sp³-hybridized carbons (Fsp3) is 0.296. The van der Waals surface area contributed by atoms with Crippen molar-refractivity contribution < 1.29 is 14.3 Å². The summed E-state index contributed by atoms with van der Waals surface area (Å²) in [5.74, 6) is 1.52. The number of hydrogen-bond acceptors (Lipinski definition) is 4. The van der Waals surface area contributed by atoms with E-state index >= 15 is 0 Å². The summed E-state index contributed by atoms with van der Waals surface area (Å²) in [6.45, 7) is 2.19. The lowest BCUT2D eigenvalue weighted by Gasteiger charge is -2.39. The summed E-state index contributed by atoms with van der Waals surface area (Å²) in [4.78, 5) is 15.5. The molecule has 1 N–H and O–H groups in total. The Labute approximate surface area is 199 Å². The number of fused-ring (bicyclic) bond motifs is 1. The molecule has 5 nitrogen and oxygen atoms in total. The van der Waals surface area contributed by atoms with Crippen LogP contribution in [-0.4, -0.2) is 24.1 Å². The van der Waals surface area contributed by atoms with Gasteiger partial charge >= 0.3 is 0 Å². The van der Waals surface area contributed by atoms with Gasteiger partial charge in [0.05, 0.1) is 5.92 Å². The average Bonchev–Trinajstić information content (AvgIpc) is 3.31. The zero-order valence-electron chi connectivity index (χ0n) is 18.4. The largest absolute Gasteiger partial charge is 0.454 e. The second-order valence-corrected chi connectivity index (χ2v) is 9.10. The van der Waals surface area contributed by atoms with Crippen LogP contribution in [0.3, 0.4) is 0 Å². The van der Waals surface area contributed by atoms with Crippen LogP contribution < -0.4 is 14.8 Å². The minimum absolute atomic E-state index is 0.0573. The summed E-state index contributed by atoms with van der Waals surface area (Å²) in [7, 11) is 0.